The Labute approximate surface area is 81.7 Å². The first-order valence-corrected chi connectivity index (χ1v) is 6.48. The van der Waals surface area contributed by atoms with E-state index < -0.39 is 10.8 Å². The van der Waals surface area contributed by atoms with E-state index in [1.165, 1.54) is 6.42 Å². The molecule has 4 heteroatoms. The fourth-order valence-corrected chi connectivity index (χ4v) is 2.65. The minimum Gasteiger partial charge on any atom is -0.302 e. The summed E-state index contributed by atoms with van der Waals surface area (Å²) in [5.41, 5.74) is 0. The Kier molecular flexibility index (Phi) is 5.19. The van der Waals surface area contributed by atoms with Crippen LogP contribution in [0.4, 0.5) is 0 Å². The van der Waals surface area contributed by atoms with Gasteiger partial charge in [0.25, 0.3) is 0 Å². The second kappa shape index (κ2) is 5.95. The van der Waals surface area contributed by atoms with Gasteiger partial charge < -0.3 is 4.90 Å². The largest absolute Gasteiger partial charge is 0.302 e. The zero-order valence-corrected chi connectivity index (χ0v) is 8.87. The van der Waals surface area contributed by atoms with Gasteiger partial charge in [0.1, 0.15) is 0 Å². The van der Waals surface area contributed by atoms with E-state index in [2.05, 4.69) is 4.90 Å². The van der Waals surface area contributed by atoms with Gasteiger partial charge in [-0.2, -0.15) is 0 Å². The highest BCUT2D eigenvalue weighted by atomic mass is 35.5. The summed E-state index contributed by atoms with van der Waals surface area (Å²) >= 11 is 5.58. The molecule has 1 rings (SSSR count). The molecule has 1 heterocycles. The molecule has 0 N–H and O–H groups in total. The first-order chi connectivity index (χ1) is 5.83. The Morgan fingerprint density at radius 3 is 2.50 bits per heavy atom. The van der Waals surface area contributed by atoms with Crippen LogP contribution in [0.2, 0.25) is 0 Å². The molecule has 0 radical (unpaired) electrons. The molecule has 1 fully saturated rings. The second-order valence-electron chi connectivity index (χ2n) is 3.09. The molecule has 1 aliphatic heterocycles. The monoisotopic (exact) mass is 209 g/mol. The zero-order chi connectivity index (χ0) is 8.81. The Bertz CT molecular complexity index is 144. The maximum absolute atomic E-state index is 11.0. The summed E-state index contributed by atoms with van der Waals surface area (Å²) in [7, 11) is -0.536. The summed E-state index contributed by atoms with van der Waals surface area (Å²) in [6, 6.07) is 0. The van der Waals surface area contributed by atoms with Crippen LogP contribution >= 0.6 is 11.6 Å². The molecule has 72 valence electrons. The summed E-state index contributed by atoms with van der Waals surface area (Å²) in [6.45, 7) is 3.15. The van der Waals surface area contributed by atoms with Crippen LogP contribution in [-0.4, -0.2) is 46.1 Å². The van der Waals surface area contributed by atoms with Crippen LogP contribution in [-0.2, 0) is 10.8 Å². The first-order valence-electron chi connectivity index (χ1n) is 4.46. The predicted octanol–water partition coefficient (Wildman–Crippen LogP) is 1.07. The Balaban J connectivity index is 2.05. The normalized spacial score (nSPS) is 21.4. The van der Waals surface area contributed by atoms with Gasteiger partial charge in [0.05, 0.1) is 0 Å². The number of hydrogen-bond acceptors (Lipinski definition) is 2. The molecule has 1 saturated heterocycles. The molecule has 0 unspecified atom stereocenters. The third kappa shape index (κ3) is 3.87. The Morgan fingerprint density at radius 1 is 1.25 bits per heavy atom. The van der Waals surface area contributed by atoms with Crippen molar-refractivity contribution >= 4 is 22.4 Å². The molecule has 0 aromatic rings. The maximum Gasteiger partial charge on any atom is 0.0363 e. The lowest BCUT2D eigenvalue weighted by Crippen LogP contribution is -2.38. The van der Waals surface area contributed by atoms with Crippen LogP contribution < -0.4 is 0 Å². The van der Waals surface area contributed by atoms with Crippen molar-refractivity contribution < 1.29 is 4.21 Å². The highest BCUT2D eigenvalue weighted by molar-refractivity contribution is 7.85. The van der Waals surface area contributed by atoms with E-state index >= 15 is 0 Å². The van der Waals surface area contributed by atoms with Gasteiger partial charge in [0.2, 0.25) is 0 Å². The van der Waals surface area contributed by atoms with E-state index in [1.807, 2.05) is 0 Å². The summed E-state index contributed by atoms with van der Waals surface area (Å²) < 4.78 is 11.0. The highest BCUT2D eigenvalue weighted by Gasteiger charge is 2.13. The van der Waals surface area contributed by atoms with E-state index in [1.54, 1.807) is 0 Å². The van der Waals surface area contributed by atoms with E-state index in [0.717, 1.165) is 43.4 Å². The molecule has 1 aliphatic rings. The van der Waals surface area contributed by atoms with Gasteiger partial charge >= 0.3 is 0 Å². The summed E-state index contributed by atoms with van der Waals surface area (Å²) in [4.78, 5) is 2.38. The van der Waals surface area contributed by atoms with Crippen LogP contribution in [0, 0.1) is 0 Å². The van der Waals surface area contributed by atoms with Crippen molar-refractivity contribution in [3.05, 3.63) is 0 Å². The van der Waals surface area contributed by atoms with Crippen molar-refractivity contribution in [2.45, 2.75) is 12.8 Å². The van der Waals surface area contributed by atoms with Gasteiger partial charge in [0.15, 0.2) is 0 Å². The number of alkyl halides is 1. The number of hydrogen-bond donors (Lipinski definition) is 0. The van der Waals surface area contributed by atoms with Gasteiger partial charge in [-0.15, -0.1) is 11.6 Å². The van der Waals surface area contributed by atoms with Crippen LogP contribution in [0.5, 0.6) is 0 Å². The maximum atomic E-state index is 11.0. The number of halogens is 1. The quantitative estimate of drug-likeness (QED) is 0.510. The molecular formula is C8H16ClNOS. The van der Waals surface area contributed by atoms with Crippen molar-refractivity contribution in [1.29, 1.82) is 0 Å². The average Bonchev–Trinajstić information content (AvgIpc) is 2.09. The van der Waals surface area contributed by atoms with Crippen LogP contribution in [0.1, 0.15) is 12.8 Å². The molecule has 0 aromatic heterocycles. The lowest BCUT2D eigenvalue weighted by Gasteiger charge is -2.25. The fraction of sp³-hybridized carbons (Fsp3) is 1.00. The molecule has 0 amide bonds. The highest BCUT2D eigenvalue weighted by Crippen LogP contribution is 2.02. The third-order valence-corrected chi connectivity index (χ3v) is 3.67. The van der Waals surface area contributed by atoms with Gasteiger partial charge in [-0.3, -0.25) is 4.21 Å². The molecule has 0 aromatic carbocycles. The van der Waals surface area contributed by atoms with Crippen LogP contribution in [0.15, 0.2) is 0 Å². The lowest BCUT2D eigenvalue weighted by atomic mass is 10.3. The molecular weight excluding hydrogens is 194 g/mol. The van der Waals surface area contributed by atoms with E-state index in [4.69, 9.17) is 11.6 Å². The van der Waals surface area contributed by atoms with Crippen molar-refractivity contribution in [2.24, 2.45) is 0 Å². The van der Waals surface area contributed by atoms with Crippen molar-refractivity contribution in [3.63, 3.8) is 0 Å². The van der Waals surface area contributed by atoms with Gasteiger partial charge in [-0.05, 0) is 19.4 Å². The topological polar surface area (TPSA) is 20.3 Å². The van der Waals surface area contributed by atoms with Gasteiger partial charge in [0, 0.05) is 41.3 Å². The van der Waals surface area contributed by atoms with Crippen LogP contribution in [0.25, 0.3) is 0 Å². The predicted molar refractivity (Wildman–Crippen MR) is 54.3 cm³/mol. The average molecular weight is 210 g/mol. The van der Waals surface area contributed by atoms with E-state index in [0.29, 0.717) is 0 Å². The molecule has 0 atom stereocenters. The van der Waals surface area contributed by atoms with E-state index in [-0.39, 0.29) is 0 Å². The van der Waals surface area contributed by atoms with E-state index in [9.17, 15) is 4.21 Å². The smallest absolute Gasteiger partial charge is 0.0363 e. The number of nitrogens with zero attached hydrogens (tertiary/aromatic N) is 1. The molecule has 0 aliphatic carbocycles. The minimum atomic E-state index is -0.536. The Morgan fingerprint density at radius 2 is 1.92 bits per heavy atom. The second-order valence-corrected chi connectivity index (χ2v) is 5.16. The first kappa shape index (κ1) is 10.5. The van der Waals surface area contributed by atoms with Crippen molar-refractivity contribution in [3.8, 4) is 0 Å². The summed E-state index contributed by atoms with van der Waals surface area (Å²) in [6.07, 6.45) is 2.28. The lowest BCUT2D eigenvalue weighted by molar-refractivity contribution is 0.295. The molecule has 2 nitrogen and oxygen atoms in total. The zero-order valence-electron chi connectivity index (χ0n) is 7.30. The number of rotatable bonds is 4. The van der Waals surface area contributed by atoms with Crippen molar-refractivity contribution in [2.75, 3.05) is 37.0 Å². The van der Waals surface area contributed by atoms with Gasteiger partial charge in [-0.25, -0.2) is 0 Å². The fourth-order valence-electron chi connectivity index (χ4n) is 1.33. The SMILES string of the molecule is O=S1CCN(CCCCCl)CC1. The van der Waals surface area contributed by atoms with Gasteiger partial charge in [-0.1, -0.05) is 0 Å². The standard InChI is InChI=1S/C8H16ClNOS/c9-3-1-2-4-10-5-7-12(11)8-6-10/h1-8H2. The Hall–Kier alpha value is 0.400. The molecule has 0 spiro atoms. The van der Waals surface area contributed by atoms with Crippen molar-refractivity contribution in [1.82, 2.24) is 4.90 Å². The summed E-state index contributed by atoms with van der Waals surface area (Å²) in [5, 5.41) is 0. The molecule has 0 saturated carbocycles. The molecule has 0 bridgehead atoms. The summed E-state index contributed by atoms with van der Waals surface area (Å²) in [5.74, 6) is 2.49. The minimum absolute atomic E-state index is 0.536. The van der Waals surface area contributed by atoms with Crippen LogP contribution in [0.3, 0.4) is 0 Å². The third-order valence-electron chi connectivity index (χ3n) is 2.13. The molecule has 12 heavy (non-hydrogen) atoms. The number of unbranched alkanes of at least 4 members (excludes halogenated alkanes) is 1.